The molecule has 4 heterocycles. The molecule has 0 aliphatic carbocycles. The Hall–Kier alpha value is -5.66. The summed E-state index contributed by atoms with van der Waals surface area (Å²) in [5.41, 5.74) is 6.89. The van der Waals surface area contributed by atoms with Crippen molar-refractivity contribution in [1.82, 2.24) is 9.13 Å². The first kappa shape index (κ1) is 31.8. The lowest BCUT2D eigenvalue weighted by Gasteiger charge is -2.22. The van der Waals surface area contributed by atoms with Crippen LogP contribution in [-0.4, -0.2) is 26.0 Å². The highest BCUT2D eigenvalue weighted by Gasteiger charge is 2.32. The molecular formula is C42H24N2O6S4. The number of sulfone groups is 2. The first-order chi connectivity index (χ1) is 26.3. The van der Waals surface area contributed by atoms with Crippen LogP contribution in [0.2, 0.25) is 0 Å². The average Bonchev–Trinajstić information content (AvgIpc) is 3.18. The molecule has 0 spiro atoms. The quantitative estimate of drug-likeness (QED) is 0.160. The fraction of sp³-hybridized carbons (Fsp3) is 0. The molecule has 0 amide bonds. The lowest BCUT2D eigenvalue weighted by Crippen LogP contribution is -2.10. The highest BCUT2D eigenvalue weighted by atomic mass is 32.2. The van der Waals surface area contributed by atoms with E-state index >= 15 is 0 Å². The average molecular weight is 781 g/mol. The van der Waals surface area contributed by atoms with Gasteiger partial charge in [0.2, 0.25) is 19.7 Å². The molecule has 12 heteroatoms. The van der Waals surface area contributed by atoms with Crippen LogP contribution in [0.1, 0.15) is 0 Å². The second-order valence-electron chi connectivity index (χ2n) is 13.0. The van der Waals surface area contributed by atoms with Crippen LogP contribution in [0.15, 0.2) is 194 Å². The minimum atomic E-state index is -3.69. The maximum absolute atomic E-state index is 13.7. The van der Waals surface area contributed by atoms with Crippen LogP contribution in [-0.2, 0) is 19.7 Å². The second-order valence-corrected chi connectivity index (χ2v) is 18.9. The molecule has 0 radical (unpaired) electrons. The molecule has 9 aromatic rings. The topological polar surface area (TPSA) is 104 Å². The number of aromatic nitrogens is 2. The molecule has 0 N–H and O–H groups in total. The summed E-state index contributed by atoms with van der Waals surface area (Å²) in [4.78, 5) is 3.84. The van der Waals surface area contributed by atoms with Crippen molar-refractivity contribution in [2.24, 2.45) is 0 Å². The molecule has 0 fully saturated rings. The summed E-state index contributed by atoms with van der Waals surface area (Å²) in [6.07, 6.45) is 0. The molecule has 54 heavy (non-hydrogen) atoms. The lowest BCUT2D eigenvalue weighted by atomic mass is 10.2. The summed E-state index contributed by atoms with van der Waals surface area (Å²) in [6, 6.07) is 44.3. The van der Waals surface area contributed by atoms with E-state index < -0.39 is 19.7 Å². The number of fused-ring (bicyclic) bond motifs is 8. The van der Waals surface area contributed by atoms with Crippen molar-refractivity contribution in [3.05, 3.63) is 146 Å². The first-order valence-electron chi connectivity index (χ1n) is 16.9. The van der Waals surface area contributed by atoms with Crippen LogP contribution in [0.4, 0.5) is 0 Å². The molecule has 0 atom stereocenters. The van der Waals surface area contributed by atoms with Gasteiger partial charge in [0, 0.05) is 43.1 Å². The molecule has 262 valence electrons. The monoisotopic (exact) mass is 780 g/mol. The SMILES string of the molecule is O=S1(=O)c2ccccc2Sc2cc(-n3c4ccccc4oc4cc5c(cc43)oc3ccccc3n5-c3ccc4c(c3)Sc3ccccc3S4(=O)=O)ccc21. The van der Waals surface area contributed by atoms with Gasteiger partial charge in [-0.2, -0.15) is 0 Å². The Bertz CT molecular complexity index is 3160. The summed E-state index contributed by atoms with van der Waals surface area (Å²) in [5.74, 6) is 0. The van der Waals surface area contributed by atoms with E-state index in [0.717, 1.165) is 22.4 Å². The molecule has 0 saturated carbocycles. The third-order valence-electron chi connectivity index (χ3n) is 9.84. The standard InChI is InChI=1S/C42H24N2O6S4/c45-53(46)39-15-7-5-13-35(39)51-37-21-25(17-19-41(37)53)43-27-9-1-3-11-31(27)49-33-24-30-34(23-29(33)43)50-32-12-4-2-10-28(32)44(30)26-18-20-42-38(22-26)52-36-14-6-8-16-40(36)54(42,47)48/h1-24H. The molecule has 8 nitrogen and oxygen atoms in total. The van der Waals surface area contributed by atoms with Crippen LogP contribution in [0, 0.1) is 0 Å². The zero-order valence-electron chi connectivity index (χ0n) is 27.8. The van der Waals surface area contributed by atoms with Crippen LogP contribution >= 0.6 is 23.5 Å². The van der Waals surface area contributed by atoms with Gasteiger partial charge in [0.15, 0.2) is 22.3 Å². The Morgan fingerprint density at radius 1 is 0.370 bits per heavy atom. The van der Waals surface area contributed by atoms with Crippen molar-refractivity contribution in [3.63, 3.8) is 0 Å². The van der Waals surface area contributed by atoms with Crippen molar-refractivity contribution in [2.75, 3.05) is 0 Å². The minimum Gasteiger partial charge on any atom is -0.453 e. The molecule has 2 aromatic heterocycles. The largest absolute Gasteiger partial charge is 0.453 e. The van der Waals surface area contributed by atoms with Gasteiger partial charge in [-0.15, -0.1) is 0 Å². The molecule has 2 aliphatic heterocycles. The molecule has 0 saturated heterocycles. The molecule has 2 aliphatic rings. The molecule has 11 rings (SSSR count). The van der Waals surface area contributed by atoms with Crippen molar-refractivity contribution in [2.45, 2.75) is 39.2 Å². The lowest BCUT2D eigenvalue weighted by molar-refractivity contribution is 0.589. The van der Waals surface area contributed by atoms with Gasteiger partial charge in [0.25, 0.3) is 0 Å². The van der Waals surface area contributed by atoms with Gasteiger partial charge in [-0.25, -0.2) is 16.8 Å². The molecule has 7 aromatic carbocycles. The number of para-hydroxylation sites is 4. The van der Waals surface area contributed by atoms with E-state index in [2.05, 4.69) is 9.13 Å². The Morgan fingerprint density at radius 2 is 0.759 bits per heavy atom. The number of hydrogen-bond donors (Lipinski definition) is 0. The number of benzene rings is 7. The Kier molecular flexibility index (Phi) is 6.73. The van der Waals surface area contributed by atoms with Crippen LogP contribution in [0.25, 0.3) is 55.8 Å². The fourth-order valence-corrected chi connectivity index (χ4v) is 13.8. The number of hydrogen-bond acceptors (Lipinski definition) is 8. The Morgan fingerprint density at radius 3 is 1.22 bits per heavy atom. The van der Waals surface area contributed by atoms with E-state index in [-0.39, 0.29) is 9.79 Å². The van der Waals surface area contributed by atoms with E-state index in [1.807, 2.05) is 109 Å². The summed E-state index contributed by atoms with van der Waals surface area (Å²) in [7, 11) is -7.39. The van der Waals surface area contributed by atoms with Gasteiger partial charge in [-0.3, -0.25) is 0 Å². The summed E-state index contributed by atoms with van der Waals surface area (Å²) in [6.45, 7) is 0. The van der Waals surface area contributed by atoms with E-state index in [4.69, 9.17) is 8.83 Å². The van der Waals surface area contributed by atoms with E-state index in [9.17, 15) is 16.8 Å². The van der Waals surface area contributed by atoms with Crippen molar-refractivity contribution < 1.29 is 25.7 Å². The minimum absolute atomic E-state index is 0.275. The van der Waals surface area contributed by atoms with Gasteiger partial charge in [0.1, 0.15) is 0 Å². The summed E-state index contributed by atoms with van der Waals surface area (Å²) in [5, 5.41) is 0. The number of rotatable bonds is 2. The third kappa shape index (κ3) is 4.57. The van der Waals surface area contributed by atoms with Crippen LogP contribution in [0.3, 0.4) is 0 Å². The molecular weight excluding hydrogens is 757 g/mol. The Balaban J connectivity index is 1.17. The van der Waals surface area contributed by atoms with Gasteiger partial charge >= 0.3 is 0 Å². The van der Waals surface area contributed by atoms with Crippen molar-refractivity contribution in [3.8, 4) is 11.4 Å². The Labute approximate surface area is 316 Å². The summed E-state index contributed by atoms with van der Waals surface area (Å²) >= 11 is 2.87. The maximum atomic E-state index is 13.7. The predicted molar refractivity (Wildman–Crippen MR) is 209 cm³/mol. The zero-order chi connectivity index (χ0) is 36.3. The second kappa shape index (κ2) is 11.4. The van der Waals surface area contributed by atoms with Gasteiger partial charge in [0.05, 0.1) is 41.6 Å². The fourth-order valence-electron chi connectivity index (χ4n) is 7.42. The number of nitrogens with zero attached hydrogens (tertiary/aromatic N) is 2. The zero-order valence-corrected chi connectivity index (χ0v) is 31.1. The maximum Gasteiger partial charge on any atom is 0.208 e. The molecule has 0 unspecified atom stereocenters. The van der Waals surface area contributed by atoms with Crippen molar-refractivity contribution >= 4 is 87.6 Å². The van der Waals surface area contributed by atoms with Gasteiger partial charge in [-0.1, -0.05) is 72.1 Å². The smallest absolute Gasteiger partial charge is 0.208 e. The third-order valence-corrected chi connectivity index (χ3v) is 16.4. The van der Waals surface area contributed by atoms with Crippen LogP contribution < -0.4 is 0 Å². The molecule has 0 bridgehead atoms. The summed E-state index contributed by atoms with van der Waals surface area (Å²) < 4.78 is 72.0. The predicted octanol–water partition coefficient (Wildman–Crippen LogP) is 10.8. The first-order valence-corrected chi connectivity index (χ1v) is 21.5. The van der Waals surface area contributed by atoms with E-state index in [1.54, 1.807) is 36.4 Å². The van der Waals surface area contributed by atoms with Crippen molar-refractivity contribution in [1.29, 1.82) is 0 Å². The highest BCUT2D eigenvalue weighted by molar-refractivity contribution is 8.02. The van der Waals surface area contributed by atoms with Gasteiger partial charge < -0.3 is 18.0 Å². The van der Waals surface area contributed by atoms with E-state index in [1.165, 1.54) is 23.5 Å². The van der Waals surface area contributed by atoms with Gasteiger partial charge in [-0.05, 0) is 84.9 Å². The normalized spacial score (nSPS) is 15.1. The highest BCUT2D eigenvalue weighted by Crippen LogP contribution is 2.47. The van der Waals surface area contributed by atoms with Crippen LogP contribution in [0.5, 0.6) is 0 Å². The van der Waals surface area contributed by atoms with E-state index in [0.29, 0.717) is 62.7 Å².